The zero-order valence-electron chi connectivity index (χ0n) is 10.1. The van der Waals surface area contributed by atoms with Crippen LogP contribution in [0.15, 0.2) is 5.28 Å². The monoisotopic (exact) mass is 265 g/mol. The molecular formula is C8H15N3O7. The van der Waals surface area contributed by atoms with Gasteiger partial charge in [0.15, 0.2) is 0 Å². The Labute approximate surface area is 103 Å². The van der Waals surface area contributed by atoms with Gasteiger partial charge in [0.1, 0.15) is 0 Å². The number of hydrazine groups is 1. The van der Waals surface area contributed by atoms with E-state index in [2.05, 4.69) is 19.6 Å². The zero-order valence-corrected chi connectivity index (χ0v) is 10.1. The van der Waals surface area contributed by atoms with Crippen LogP contribution in [-0.2, 0) is 19.1 Å². The highest BCUT2D eigenvalue weighted by molar-refractivity contribution is 5.66. The van der Waals surface area contributed by atoms with E-state index in [9.17, 15) is 14.8 Å². The van der Waals surface area contributed by atoms with Crippen molar-refractivity contribution in [2.75, 3.05) is 27.5 Å². The van der Waals surface area contributed by atoms with Crippen LogP contribution < -0.4 is 0 Å². The minimum atomic E-state index is -0.961. The van der Waals surface area contributed by atoms with E-state index in [0.717, 1.165) is 12.1 Å². The maximum atomic E-state index is 11.2. The van der Waals surface area contributed by atoms with E-state index >= 15 is 0 Å². The Bertz CT molecular complexity index is 307. The quantitative estimate of drug-likeness (QED) is 0.166. The van der Waals surface area contributed by atoms with Crippen molar-refractivity contribution in [2.45, 2.75) is 12.8 Å². The first kappa shape index (κ1) is 15.7. The van der Waals surface area contributed by atoms with E-state index in [1.54, 1.807) is 0 Å². The van der Waals surface area contributed by atoms with E-state index in [0.29, 0.717) is 6.42 Å². The molecule has 0 saturated heterocycles. The molecule has 1 N–H and O–H groups in total. The lowest BCUT2D eigenvalue weighted by Crippen LogP contribution is -2.28. The van der Waals surface area contributed by atoms with E-state index in [-0.39, 0.29) is 17.9 Å². The van der Waals surface area contributed by atoms with Crippen molar-refractivity contribution in [1.29, 1.82) is 0 Å². The molecule has 0 aromatic rings. The van der Waals surface area contributed by atoms with Gasteiger partial charge in [0.25, 0.3) is 6.79 Å². The fourth-order valence-corrected chi connectivity index (χ4v) is 0.813. The average Bonchev–Trinajstić information content (AvgIpc) is 2.33. The first-order chi connectivity index (χ1) is 8.47. The van der Waals surface area contributed by atoms with Gasteiger partial charge in [0, 0.05) is 6.42 Å². The maximum absolute atomic E-state index is 11.2. The van der Waals surface area contributed by atoms with Crippen LogP contribution in [-0.4, -0.2) is 54.7 Å². The molecule has 0 aliphatic rings. The number of carbonyl (C=O) groups excluding carboxylic acids is 1. The number of nitrogens with zero attached hydrogens (tertiary/aromatic N) is 3. The number of hydrogen-bond acceptors (Lipinski definition) is 7. The molecule has 18 heavy (non-hydrogen) atoms. The van der Waals surface area contributed by atoms with Crippen molar-refractivity contribution in [3.8, 4) is 0 Å². The van der Waals surface area contributed by atoms with Crippen LogP contribution in [0.25, 0.3) is 0 Å². The van der Waals surface area contributed by atoms with Gasteiger partial charge in [-0.2, -0.15) is 0 Å². The predicted molar refractivity (Wildman–Crippen MR) is 55.0 cm³/mol. The molecule has 10 heteroatoms. The molecule has 0 amide bonds. The van der Waals surface area contributed by atoms with Crippen LogP contribution in [0, 0.1) is 5.21 Å². The third-order valence-corrected chi connectivity index (χ3v) is 1.69. The van der Waals surface area contributed by atoms with Gasteiger partial charge in [-0.25, -0.2) is 4.79 Å². The van der Waals surface area contributed by atoms with Crippen molar-refractivity contribution in [3.05, 3.63) is 5.21 Å². The minimum Gasteiger partial charge on any atom is -0.569 e. The second-order valence-corrected chi connectivity index (χ2v) is 3.06. The topological polar surface area (TPSA) is 124 Å². The Morgan fingerprint density at radius 3 is 2.72 bits per heavy atom. The zero-order chi connectivity index (χ0) is 14.0. The molecule has 0 bridgehead atoms. The van der Waals surface area contributed by atoms with Gasteiger partial charge >= 0.3 is 12.1 Å². The molecule has 0 spiro atoms. The van der Waals surface area contributed by atoms with Crippen molar-refractivity contribution in [2.24, 2.45) is 5.28 Å². The molecule has 0 aromatic carbocycles. The second kappa shape index (κ2) is 8.84. The highest BCUT2D eigenvalue weighted by Gasteiger charge is 2.08. The van der Waals surface area contributed by atoms with E-state index in [1.807, 2.05) is 0 Å². The van der Waals surface area contributed by atoms with Crippen molar-refractivity contribution in [1.82, 2.24) is 5.01 Å². The molecule has 0 fully saturated rings. The molecule has 0 aliphatic carbocycles. The fourth-order valence-electron chi connectivity index (χ4n) is 0.813. The van der Waals surface area contributed by atoms with E-state index in [4.69, 9.17) is 5.11 Å². The van der Waals surface area contributed by atoms with Crippen LogP contribution in [0.1, 0.15) is 12.8 Å². The maximum Gasteiger partial charge on any atom is 0.510 e. The Kier molecular flexibility index (Phi) is 7.73. The van der Waals surface area contributed by atoms with Gasteiger partial charge in [-0.3, -0.25) is 4.79 Å². The Morgan fingerprint density at radius 2 is 2.17 bits per heavy atom. The van der Waals surface area contributed by atoms with Crippen LogP contribution >= 0.6 is 0 Å². The van der Waals surface area contributed by atoms with E-state index < -0.39 is 18.9 Å². The number of carbonyl (C=O) groups is 2. The molecule has 104 valence electrons. The highest BCUT2D eigenvalue weighted by Crippen LogP contribution is 1.95. The number of hydrogen-bond donors (Lipinski definition) is 1. The summed E-state index contributed by atoms with van der Waals surface area (Å²) in [6.07, 6.45) is -0.721. The molecule has 0 heterocycles. The summed E-state index contributed by atoms with van der Waals surface area (Å²) in [5, 5.41) is 23.7. The van der Waals surface area contributed by atoms with E-state index in [1.165, 1.54) is 7.05 Å². The number of ether oxygens (including phenoxy) is 2. The molecular weight excluding hydrogens is 250 g/mol. The number of methoxy groups -OCH3 is 1. The lowest BCUT2D eigenvalue weighted by atomic mass is 10.3. The summed E-state index contributed by atoms with van der Waals surface area (Å²) in [7, 11) is 2.53. The number of aliphatic carboxylic acids is 1. The highest BCUT2D eigenvalue weighted by atomic mass is 16.8. The molecule has 0 rings (SSSR count). The molecule has 0 aromatic heterocycles. The Morgan fingerprint density at radius 1 is 1.50 bits per heavy atom. The second-order valence-electron chi connectivity index (χ2n) is 3.06. The lowest BCUT2D eigenvalue weighted by molar-refractivity contribution is -0.706. The summed E-state index contributed by atoms with van der Waals surface area (Å²) in [5.41, 5.74) is 0. The summed E-state index contributed by atoms with van der Waals surface area (Å²) in [6, 6.07) is 0. The molecule has 0 radical (unpaired) electrons. The van der Waals surface area contributed by atoms with Gasteiger partial charge in [-0.1, -0.05) is 0 Å². The smallest absolute Gasteiger partial charge is 0.510 e. The lowest BCUT2D eigenvalue weighted by Gasteiger charge is -2.11. The van der Waals surface area contributed by atoms with Crippen LogP contribution in [0.5, 0.6) is 0 Å². The third-order valence-electron chi connectivity index (χ3n) is 1.69. The molecule has 0 unspecified atom stereocenters. The van der Waals surface area contributed by atoms with Crippen LogP contribution in [0.3, 0.4) is 0 Å². The number of rotatable bonds is 8. The molecule has 0 aliphatic heterocycles. The Hall–Kier alpha value is -2.26. The van der Waals surface area contributed by atoms with Gasteiger partial charge in [0.05, 0.1) is 25.7 Å². The minimum absolute atomic E-state index is 0.0511. The third kappa shape index (κ3) is 7.96. The van der Waals surface area contributed by atoms with Crippen LogP contribution in [0.2, 0.25) is 0 Å². The summed E-state index contributed by atoms with van der Waals surface area (Å²) < 4.78 is 8.43. The summed E-state index contributed by atoms with van der Waals surface area (Å²) in [6.45, 7) is -0.366. The predicted octanol–water partition coefficient (Wildman–Crippen LogP) is 0.333. The van der Waals surface area contributed by atoms with Crippen molar-refractivity contribution < 1.29 is 34.0 Å². The van der Waals surface area contributed by atoms with Gasteiger partial charge in [0.2, 0.25) is 5.28 Å². The Balaban J connectivity index is 3.79. The van der Waals surface area contributed by atoms with Crippen molar-refractivity contribution >= 4 is 12.1 Å². The summed E-state index contributed by atoms with van der Waals surface area (Å²) >= 11 is 0. The number of carboxylic acid groups (broad SMARTS) is 1. The van der Waals surface area contributed by atoms with Crippen LogP contribution in [0.4, 0.5) is 4.79 Å². The summed E-state index contributed by atoms with van der Waals surface area (Å²) in [5.74, 6) is -0.944. The largest absolute Gasteiger partial charge is 0.569 e. The first-order valence-electron chi connectivity index (χ1n) is 4.91. The standard InChI is InChI=1S/C8H15N3O7/c1-10(5-3-4-7(12)13)11(15)9-18-6-17-8(14)16-2/h3-6H2,1-2H3,(H,12,13)/b11-9-. The van der Waals surface area contributed by atoms with Gasteiger partial charge in [-0.15, -0.1) is 5.01 Å². The first-order valence-corrected chi connectivity index (χ1v) is 4.91. The molecule has 10 nitrogen and oxygen atoms in total. The molecule has 0 atom stereocenters. The number of carboxylic acids is 1. The van der Waals surface area contributed by atoms with Gasteiger partial charge < -0.3 is 24.6 Å². The van der Waals surface area contributed by atoms with Crippen molar-refractivity contribution in [3.63, 3.8) is 0 Å². The van der Waals surface area contributed by atoms with Gasteiger partial charge in [-0.05, 0) is 6.42 Å². The fraction of sp³-hybridized carbons (Fsp3) is 0.750. The average molecular weight is 265 g/mol. The summed E-state index contributed by atoms with van der Waals surface area (Å²) in [4.78, 5) is 25.2. The molecule has 0 saturated carbocycles. The SMILES string of the molecule is COC(=O)OCO/N=[N+](\[O-])N(C)CCCC(=O)O. The normalized spacial score (nSPS) is 10.7.